The van der Waals surface area contributed by atoms with Crippen molar-refractivity contribution >= 4 is 17.2 Å². The van der Waals surface area contributed by atoms with Crippen LogP contribution in [0.25, 0.3) is 16.8 Å². The van der Waals surface area contributed by atoms with Crippen molar-refractivity contribution < 1.29 is 18.9 Å². The Morgan fingerprint density at radius 2 is 1.37 bits per heavy atom. The van der Waals surface area contributed by atoms with Gasteiger partial charge in [-0.25, -0.2) is 4.98 Å². The van der Waals surface area contributed by atoms with E-state index in [-0.39, 0.29) is 0 Å². The standard InChI is InChI=1S/C28H25N3O4/c1-32-24-17-19(18-25(33-2)27(24)34-3)23-13-15-31-16-14-26(30-28(23)31)29-20-9-11-22(12-10-20)35-21-7-5-4-6-8-21/h4-18H,1-3H3,(H,29,30). The number of nitrogens with one attached hydrogen (secondary N) is 1. The normalized spacial score (nSPS) is 10.7. The van der Waals surface area contributed by atoms with Crippen molar-refractivity contribution in [3.8, 4) is 39.9 Å². The number of fused-ring (bicyclic) bond motifs is 1. The third kappa shape index (κ3) is 4.56. The van der Waals surface area contributed by atoms with E-state index in [1.807, 2.05) is 95.7 Å². The SMILES string of the molecule is COc1cc(-c2ccn3ccc(Nc4ccc(Oc5ccccc5)cc4)nc23)cc(OC)c1OC. The van der Waals surface area contributed by atoms with Gasteiger partial charge in [0.05, 0.1) is 21.3 Å². The molecule has 3 aromatic carbocycles. The highest BCUT2D eigenvalue weighted by atomic mass is 16.5. The molecule has 7 heteroatoms. The van der Waals surface area contributed by atoms with Crippen LogP contribution in [-0.4, -0.2) is 30.7 Å². The number of nitrogens with zero attached hydrogens (tertiary/aromatic N) is 2. The fourth-order valence-corrected chi connectivity index (χ4v) is 3.89. The first-order valence-electron chi connectivity index (χ1n) is 11.1. The summed E-state index contributed by atoms with van der Waals surface area (Å²) in [4.78, 5) is 4.86. The highest BCUT2D eigenvalue weighted by Gasteiger charge is 2.16. The molecular formula is C28H25N3O4. The predicted octanol–water partition coefficient (Wildman–Crippen LogP) is 6.56. The number of benzene rings is 3. The number of anilines is 2. The van der Waals surface area contributed by atoms with Crippen LogP contribution in [0.2, 0.25) is 0 Å². The molecule has 5 aromatic rings. The summed E-state index contributed by atoms with van der Waals surface area (Å²) in [5.41, 5.74) is 3.56. The number of methoxy groups -OCH3 is 3. The summed E-state index contributed by atoms with van der Waals surface area (Å²) in [6, 6.07) is 25.3. The van der Waals surface area contributed by atoms with Gasteiger partial charge < -0.3 is 28.7 Å². The van der Waals surface area contributed by atoms with E-state index in [2.05, 4.69) is 5.32 Å². The van der Waals surface area contributed by atoms with Crippen molar-refractivity contribution in [2.24, 2.45) is 0 Å². The minimum Gasteiger partial charge on any atom is -0.493 e. The summed E-state index contributed by atoms with van der Waals surface area (Å²) < 4.78 is 24.4. The van der Waals surface area contributed by atoms with Gasteiger partial charge >= 0.3 is 0 Å². The zero-order valence-electron chi connectivity index (χ0n) is 19.7. The molecule has 0 atom stereocenters. The van der Waals surface area contributed by atoms with Crippen molar-refractivity contribution in [3.63, 3.8) is 0 Å². The zero-order chi connectivity index (χ0) is 24.2. The number of aromatic nitrogens is 2. The first-order chi connectivity index (χ1) is 17.2. The maximum absolute atomic E-state index is 5.87. The number of ether oxygens (including phenoxy) is 4. The van der Waals surface area contributed by atoms with Crippen LogP contribution in [0.15, 0.2) is 91.3 Å². The molecule has 0 unspecified atom stereocenters. The van der Waals surface area contributed by atoms with Gasteiger partial charge in [0.2, 0.25) is 5.75 Å². The Kier molecular flexibility index (Phi) is 6.13. The van der Waals surface area contributed by atoms with Gasteiger partial charge in [0.15, 0.2) is 11.5 Å². The number of hydrogen-bond acceptors (Lipinski definition) is 6. The van der Waals surface area contributed by atoms with Crippen LogP contribution >= 0.6 is 0 Å². The van der Waals surface area contributed by atoms with Gasteiger partial charge in [-0.1, -0.05) is 18.2 Å². The zero-order valence-corrected chi connectivity index (χ0v) is 19.7. The fourth-order valence-electron chi connectivity index (χ4n) is 3.89. The third-order valence-electron chi connectivity index (χ3n) is 5.59. The summed E-state index contributed by atoms with van der Waals surface area (Å²) >= 11 is 0. The van der Waals surface area contributed by atoms with Crippen LogP contribution in [0.1, 0.15) is 0 Å². The van der Waals surface area contributed by atoms with Crippen LogP contribution in [0.4, 0.5) is 11.5 Å². The minimum atomic E-state index is 0.553. The van der Waals surface area contributed by atoms with Gasteiger partial charge in [0.1, 0.15) is 23.0 Å². The second-order valence-electron chi connectivity index (χ2n) is 7.75. The molecule has 5 rings (SSSR count). The molecule has 0 aliphatic heterocycles. The summed E-state index contributed by atoms with van der Waals surface area (Å²) in [6.07, 6.45) is 3.94. The van der Waals surface area contributed by atoms with E-state index < -0.39 is 0 Å². The average molecular weight is 468 g/mol. The van der Waals surface area contributed by atoms with Crippen molar-refractivity contribution in [1.29, 1.82) is 0 Å². The lowest BCUT2D eigenvalue weighted by Crippen LogP contribution is -1.97. The fraction of sp³-hybridized carbons (Fsp3) is 0.107. The molecule has 0 saturated heterocycles. The van der Waals surface area contributed by atoms with Gasteiger partial charge in [0, 0.05) is 23.6 Å². The largest absolute Gasteiger partial charge is 0.493 e. The van der Waals surface area contributed by atoms with Gasteiger partial charge in [-0.2, -0.15) is 0 Å². The molecule has 0 aliphatic carbocycles. The smallest absolute Gasteiger partial charge is 0.203 e. The second kappa shape index (κ2) is 9.69. The first kappa shape index (κ1) is 22.2. The lowest BCUT2D eigenvalue weighted by molar-refractivity contribution is 0.324. The van der Waals surface area contributed by atoms with Crippen LogP contribution in [0.3, 0.4) is 0 Å². The van der Waals surface area contributed by atoms with Crippen molar-refractivity contribution in [2.45, 2.75) is 0 Å². The molecule has 2 aromatic heterocycles. The Bertz CT molecular complexity index is 1420. The predicted molar refractivity (Wildman–Crippen MR) is 137 cm³/mol. The van der Waals surface area contributed by atoms with Crippen LogP contribution in [0.5, 0.6) is 28.7 Å². The molecule has 2 heterocycles. The number of hydrogen-bond donors (Lipinski definition) is 1. The van der Waals surface area contributed by atoms with E-state index in [0.717, 1.165) is 39.8 Å². The van der Waals surface area contributed by atoms with Crippen molar-refractivity contribution in [3.05, 3.63) is 91.3 Å². The topological polar surface area (TPSA) is 66.3 Å². The highest BCUT2D eigenvalue weighted by Crippen LogP contribution is 2.42. The van der Waals surface area contributed by atoms with Crippen molar-refractivity contribution in [2.75, 3.05) is 26.6 Å². The van der Waals surface area contributed by atoms with Gasteiger partial charge in [-0.3, -0.25) is 0 Å². The quantitative estimate of drug-likeness (QED) is 0.279. The number of para-hydroxylation sites is 1. The highest BCUT2D eigenvalue weighted by molar-refractivity contribution is 5.82. The number of rotatable bonds is 8. The molecule has 0 bridgehead atoms. The lowest BCUT2D eigenvalue weighted by Gasteiger charge is -2.14. The molecule has 0 spiro atoms. The molecule has 0 saturated carbocycles. The molecule has 0 amide bonds. The summed E-state index contributed by atoms with van der Waals surface area (Å²) in [5, 5.41) is 3.37. The monoisotopic (exact) mass is 467 g/mol. The first-order valence-corrected chi connectivity index (χ1v) is 11.1. The molecule has 0 fully saturated rings. The second-order valence-corrected chi connectivity index (χ2v) is 7.75. The maximum Gasteiger partial charge on any atom is 0.203 e. The Morgan fingerprint density at radius 1 is 0.714 bits per heavy atom. The molecule has 0 aliphatic rings. The van der Waals surface area contributed by atoms with E-state index in [9.17, 15) is 0 Å². The molecular weight excluding hydrogens is 442 g/mol. The third-order valence-corrected chi connectivity index (χ3v) is 5.59. The Labute approximate surface area is 203 Å². The van der Waals surface area contributed by atoms with Crippen molar-refractivity contribution in [1.82, 2.24) is 9.38 Å². The van der Waals surface area contributed by atoms with Crippen LogP contribution < -0.4 is 24.3 Å². The van der Waals surface area contributed by atoms with E-state index >= 15 is 0 Å². The van der Waals surface area contributed by atoms with Gasteiger partial charge in [0.25, 0.3) is 0 Å². The maximum atomic E-state index is 5.87. The Balaban J connectivity index is 1.42. The summed E-state index contributed by atoms with van der Waals surface area (Å²) in [5.74, 6) is 4.02. The minimum absolute atomic E-state index is 0.553. The summed E-state index contributed by atoms with van der Waals surface area (Å²) in [7, 11) is 4.80. The van der Waals surface area contributed by atoms with Gasteiger partial charge in [-0.15, -0.1) is 0 Å². The lowest BCUT2D eigenvalue weighted by atomic mass is 10.1. The molecule has 0 radical (unpaired) electrons. The molecule has 176 valence electrons. The van der Waals surface area contributed by atoms with E-state index in [1.165, 1.54) is 0 Å². The van der Waals surface area contributed by atoms with E-state index in [1.54, 1.807) is 21.3 Å². The Hall–Kier alpha value is -4.65. The molecule has 1 N–H and O–H groups in total. The molecule has 35 heavy (non-hydrogen) atoms. The van der Waals surface area contributed by atoms with Crippen LogP contribution in [-0.2, 0) is 0 Å². The Morgan fingerprint density at radius 3 is 2.03 bits per heavy atom. The molecule has 7 nitrogen and oxygen atoms in total. The average Bonchev–Trinajstić information content (AvgIpc) is 3.33. The van der Waals surface area contributed by atoms with E-state index in [4.69, 9.17) is 23.9 Å². The van der Waals surface area contributed by atoms with E-state index in [0.29, 0.717) is 17.2 Å². The summed E-state index contributed by atoms with van der Waals surface area (Å²) in [6.45, 7) is 0. The van der Waals surface area contributed by atoms with Gasteiger partial charge in [-0.05, 0) is 66.2 Å². The van der Waals surface area contributed by atoms with Crippen LogP contribution in [0, 0.1) is 0 Å².